The van der Waals surface area contributed by atoms with E-state index in [4.69, 9.17) is 4.74 Å². The summed E-state index contributed by atoms with van der Waals surface area (Å²) in [4.78, 5) is 25.3. The number of esters is 1. The molecular formula is C29H28Br2O6. The Kier molecular flexibility index (Phi) is 7.45. The number of cyclic esters (lactones) is 1. The second-order valence-corrected chi connectivity index (χ2v) is 10.7. The molecule has 3 N–H and O–H groups in total. The third-order valence-electron chi connectivity index (χ3n) is 7.16. The second kappa shape index (κ2) is 10.1. The van der Waals surface area contributed by atoms with Gasteiger partial charge in [-0.1, -0.05) is 65.6 Å². The van der Waals surface area contributed by atoms with E-state index in [-0.39, 0.29) is 22.6 Å². The van der Waals surface area contributed by atoms with Crippen LogP contribution >= 0.6 is 31.9 Å². The number of fused-ring (bicyclic) bond motifs is 1. The van der Waals surface area contributed by atoms with Gasteiger partial charge in [-0.25, -0.2) is 9.59 Å². The van der Waals surface area contributed by atoms with Crippen molar-refractivity contribution in [3.05, 3.63) is 89.3 Å². The van der Waals surface area contributed by atoms with Crippen LogP contribution in [0.1, 0.15) is 87.4 Å². The molecule has 0 aliphatic carbocycles. The molecule has 0 spiro atoms. The Bertz CT molecular complexity index is 1320. The fraction of sp³-hybridized carbons (Fsp3) is 0.310. The zero-order chi connectivity index (χ0) is 27.2. The number of carboxylic acids is 1. The molecule has 1 aliphatic heterocycles. The number of carboxylic acid groups (broad SMARTS) is 1. The molecule has 3 aromatic rings. The number of rotatable bonds is 7. The van der Waals surface area contributed by atoms with Crippen LogP contribution in [0.25, 0.3) is 0 Å². The van der Waals surface area contributed by atoms with Crippen LogP contribution in [-0.2, 0) is 36.0 Å². The number of hydrogen-bond donors (Lipinski definition) is 3. The van der Waals surface area contributed by atoms with E-state index in [2.05, 4.69) is 31.9 Å². The average Bonchev–Trinajstić information content (AvgIpc) is 3.15. The third kappa shape index (κ3) is 4.05. The maximum atomic E-state index is 13.6. The highest BCUT2D eigenvalue weighted by atomic mass is 79.9. The minimum absolute atomic E-state index is 0.0291. The summed E-state index contributed by atoms with van der Waals surface area (Å²) in [7, 11) is 0. The predicted octanol–water partition coefficient (Wildman–Crippen LogP) is 7.03. The molecule has 6 nitrogen and oxygen atoms in total. The SMILES string of the molecule is CCc1c(O)cc(Br)c(CC)c1C1(c2c(CC)c(O)cc(Br)c2CC)OC(=O)c2cc(C(=O)O)ccc21. The number of ether oxygens (including phenoxy) is 1. The molecule has 0 unspecified atom stereocenters. The van der Waals surface area contributed by atoms with Crippen molar-refractivity contribution < 1.29 is 29.6 Å². The monoisotopic (exact) mass is 630 g/mol. The lowest BCUT2D eigenvalue weighted by Gasteiger charge is -2.37. The van der Waals surface area contributed by atoms with Crippen LogP contribution in [0.15, 0.2) is 39.3 Å². The van der Waals surface area contributed by atoms with Crippen LogP contribution in [0.5, 0.6) is 11.5 Å². The zero-order valence-corrected chi connectivity index (χ0v) is 24.2. The van der Waals surface area contributed by atoms with Crippen molar-refractivity contribution in [3.8, 4) is 11.5 Å². The first-order valence-electron chi connectivity index (χ1n) is 12.3. The summed E-state index contributed by atoms with van der Waals surface area (Å²) in [6.45, 7) is 7.81. The fourth-order valence-corrected chi connectivity index (χ4v) is 6.99. The van der Waals surface area contributed by atoms with Crippen molar-refractivity contribution in [2.75, 3.05) is 0 Å². The minimum Gasteiger partial charge on any atom is -0.508 e. The van der Waals surface area contributed by atoms with Crippen LogP contribution < -0.4 is 0 Å². The number of halogens is 2. The molecule has 0 atom stereocenters. The first-order valence-corrected chi connectivity index (χ1v) is 13.8. The summed E-state index contributed by atoms with van der Waals surface area (Å²) in [5.74, 6) is -1.70. The molecule has 1 aliphatic rings. The van der Waals surface area contributed by atoms with Gasteiger partial charge >= 0.3 is 11.9 Å². The maximum absolute atomic E-state index is 13.6. The number of hydrogen-bond acceptors (Lipinski definition) is 5. The number of benzene rings is 3. The normalized spacial score (nSPS) is 13.9. The van der Waals surface area contributed by atoms with Gasteiger partial charge in [0.1, 0.15) is 11.5 Å². The molecule has 1 heterocycles. The predicted molar refractivity (Wildman–Crippen MR) is 148 cm³/mol. The Labute approximate surface area is 232 Å². The summed E-state index contributed by atoms with van der Waals surface area (Å²) in [6.07, 6.45) is 2.03. The van der Waals surface area contributed by atoms with Crippen molar-refractivity contribution in [2.45, 2.75) is 59.0 Å². The van der Waals surface area contributed by atoms with Crippen molar-refractivity contribution >= 4 is 43.8 Å². The van der Waals surface area contributed by atoms with Crippen LogP contribution in [0.3, 0.4) is 0 Å². The summed E-state index contributed by atoms with van der Waals surface area (Å²) in [5, 5.41) is 31.8. The van der Waals surface area contributed by atoms with Crippen molar-refractivity contribution in [3.63, 3.8) is 0 Å². The molecular weight excluding hydrogens is 604 g/mol. The van der Waals surface area contributed by atoms with E-state index in [1.54, 1.807) is 18.2 Å². The first-order chi connectivity index (χ1) is 17.6. The maximum Gasteiger partial charge on any atom is 0.340 e. The molecule has 0 amide bonds. The van der Waals surface area contributed by atoms with Crippen LogP contribution in [-0.4, -0.2) is 27.3 Å². The van der Waals surface area contributed by atoms with Gasteiger partial charge in [0.2, 0.25) is 0 Å². The molecule has 4 rings (SSSR count). The number of phenolic OH excluding ortho intramolecular Hbond substituents is 2. The van der Waals surface area contributed by atoms with Crippen LogP contribution in [0.2, 0.25) is 0 Å². The Morgan fingerprint density at radius 2 is 1.27 bits per heavy atom. The van der Waals surface area contributed by atoms with E-state index < -0.39 is 17.5 Å². The standard InChI is InChI=1S/C29H28Br2O6/c1-5-15-21(30)12-23(32)17(7-3)25(15)29(26-16(6-2)22(31)13-24(33)18(26)8-4)20-10-9-14(27(34)35)11-19(20)28(36)37-29/h9-13,32-33H,5-8H2,1-4H3,(H,34,35). The molecule has 0 saturated carbocycles. The molecule has 194 valence electrons. The highest BCUT2D eigenvalue weighted by molar-refractivity contribution is 9.10. The van der Waals surface area contributed by atoms with E-state index in [0.717, 1.165) is 11.1 Å². The van der Waals surface area contributed by atoms with Crippen LogP contribution in [0, 0.1) is 0 Å². The molecule has 8 heteroatoms. The Balaban J connectivity index is 2.34. The first kappa shape index (κ1) is 27.2. The van der Waals surface area contributed by atoms with Crippen LogP contribution in [0.4, 0.5) is 0 Å². The molecule has 0 radical (unpaired) electrons. The number of aromatic carboxylic acids is 1. The number of aromatic hydroxyl groups is 2. The number of carbonyl (C=O) groups excluding carboxylic acids is 1. The molecule has 3 aromatic carbocycles. The van der Waals surface area contributed by atoms with Crippen molar-refractivity contribution in [1.82, 2.24) is 0 Å². The van der Waals surface area contributed by atoms with E-state index in [1.165, 1.54) is 12.1 Å². The highest BCUT2D eigenvalue weighted by Gasteiger charge is 2.53. The summed E-state index contributed by atoms with van der Waals surface area (Å²) >= 11 is 7.23. The van der Waals surface area contributed by atoms with Gasteiger partial charge in [0.05, 0.1) is 11.1 Å². The van der Waals surface area contributed by atoms with Gasteiger partial charge in [0, 0.05) is 36.8 Å². The molecule has 0 bridgehead atoms. The van der Waals surface area contributed by atoms with E-state index >= 15 is 0 Å². The summed E-state index contributed by atoms with van der Waals surface area (Å²) in [6, 6.07) is 7.73. The molecule has 0 aromatic heterocycles. The van der Waals surface area contributed by atoms with E-state index in [9.17, 15) is 24.9 Å². The smallest absolute Gasteiger partial charge is 0.340 e. The Morgan fingerprint density at radius 1 is 0.811 bits per heavy atom. The topological polar surface area (TPSA) is 104 Å². The Hall–Kier alpha value is -2.84. The number of phenols is 2. The van der Waals surface area contributed by atoms with Gasteiger partial charge in [0.25, 0.3) is 0 Å². The fourth-order valence-electron chi connectivity index (χ4n) is 5.60. The van der Waals surface area contributed by atoms with Gasteiger partial charge < -0.3 is 20.1 Å². The molecule has 0 fully saturated rings. The van der Waals surface area contributed by atoms with Gasteiger partial charge in [-0.3, -0.25) is 0 Å². The zero-order valence-electron chi connectivity index (χ0n) is 21.0. The van der Waals surface area contributed by atoms with Gasteiger partial charge in [0.15, 0.2) is 5.60 Å². The lowest BCUT2D eigenvalue weighted by Crippen LogP contribution is -2.35. The Morgan fingerprint density at radius 3 is 1.68 bits per heavy atom. The quantitative estimate of drug-likeness (QED) is 0.242. The third-order valence-corrected chi connectivity index (χ3v) is 8.57. The lowest BCUT2D eigenvalue weighted by atomic mass is 9.71. The van der Waals surface area contributed by atoms with Gasteiger partial charge in [-0.05, 0) is 61.1 Å². The van der Waals surface area contributed by atoms with Gasteiger partial charge in [-0.15, -0.1) is 0 Å². The minimum atomic E-state index is -1.53. The summed E-state index contributed by atoms with van der Waals surface area (Å²) < 4.78 is 7.76. The second-order valence-electron chi connectivity index (χ2n) is 8.97. The van der Waals surface area contributed by atoms with Crippen molar-refractivity contribution in [1.29, 1.82) is 0 Å². The molecule has 0 saturated heterocycles. The lowest BCUT2D eigenvalue weighted by molar-refractivity contribution is 0.0240. The summed E-state index contributed by atoms with van der Waals surface area (Å²) in [5.41, 5.74) is 3.25. The van der Waals surface area contributed by atoms with Crippen molar-refractivity contribution in [2.24, 2.45) is 0 Å². The van der Waals surface area contributed by atoms with Gasteiger partial charge in [-0.2, -0.15) is 0 Å². The highest BCUT2D eigenvalue weighted by Crippen LogP contribution is 2.55. The largest absolute Gasteiger partial charge is 0.508 e. The molecule has 37 heavy (non-hydrogen) atoms. The average molecular weight is 632 g/mol. The van der Waals surface area contributed by atoms with E-state index in [1.807, 2.05) is 27.7 Å². The van der Waals surface area contributed by atoms with E-state index in [0.29, 0.717) is 62.4 Å². The number of carbonyl (C=O) groups is 2.